The molecule has 0 aromatic heterocycles. The molecule has 0 saturated carbocycles. The molecule has 0 aliphatic rings. The van der Waals surface area contributed by atoms with Crippen molar-refractivity contribution in [1.82, 2.24) is 5.32 Å². The first kappa shape index (κ1) is 14.8. The maximum absolute atomic E-state index is 5.67. The molecule has 1 rings (SSSR count). The topological polar surface area (TPSA) is 56.5 Å². The normalized spacial score (nSPS) is 10.7. The van der Waals surface area contributed by atoms with E-state index in [-0.39, 0.29) is 6.10 Å². The quantitative estimate of drug-likeness (QED) is 0.694. The number of nitrogens with two attached hydrogens (primary N) is 1. The SMILES string of the molecule is COc1cc(CNCCCN)ccc1OC(C)C. The Morgan fingerprint density at radius 3 is 2.67 bits per heavy atom. The first-order valence-corrected chi connectivity index (χ1v) is 6.41. The molecule has 0 radical (unpaired) electrons. The lowest BCUT2D eigenvalue weighted by atomic mass is 10.2. The third-order valence-corrected chi connectivity index (χ3v) is 2.48. The Bertz CT molecular complexity index is 354. The molecule has 102 valence electrons. The lowest BCUT2D eigenvalue weighted by molar-refractivity contribution is 0.230. The monoisotopic (exact) mass is 252 g/mol. The lowest BCUT2D eigenvalue weighted by Crippen LogP contribution is -2.17. The molecule has 3 N–H and O–H groups in total. The molecule has 0 aliphatic carbocycles. The first-order chi connectivity index (χ1) is 8.67. The van der Waals surface area contributed by atoms with Crippen LogP contribution in [0.2, 0.25) is 0 Å². The van der Waals surface area contributed by atoms with Gasteiger partial charge in [-0.15, -0.1) is 0 Å². The average molecular weight is 252 g/mol. The zero-order valence-corrected chi connectivity index (χ0v) is 11.5. The molecule has 4 nitrogen and oxygen atoms in total. The minimum atomic E-state index is 0.146. The van der Waals surface area contributed by atoms with Crippen LogP contribution in [0.5, 0.6) is 11.5 Å². The fraction of sp³-hybridized carbons (Fsp3) is 0.571. The van der Waals surface area contributed by atoms with Crippen LogP contribution in [0.4, 0.5) is 0 Å². The highest BCUT2D eigenvalue weighted by molar-refractivity contribution is 5.43. The summed E-state index contributed by atoms with van der Waals surface area (Å²) in [4.78, 5) is 0. The van der Waals surface area contributed by atoms with Gasteiger partial charge in [0, 0.05) is 6.54 Å². The average Bonchev–Trinajstić information content (AvgIpc) is 2.35. The molecule has 0 fully saturated rings. The molecule has 0 bridgehead atoms. The van der Waals surface area contributed by atoms with Gasteiger partial charge in [0.15, 0.2) is 11.5 Å². The van der Waals surface area contributed by atoms with Gasteiger partial charge in [0.2, 0.25) is 0 Å². The molecule has 4 heteroatoms. The number of methoxy groups -OCH3 is 1. The number of rotatable bonds is 8. The van der Waals surface area contributed by atoms with E-state index in [0.717, 1.165) is 37.6 Å². The minimum absolute atomic E-state index is 0.146. The van der Waals surface area contributed by atoms with Gasteiger partial charge in [-0.25, -0.2) is 0 Å². The van der Waals surface area contributed by atoms with Crippen LogP contribution in [-0.2, 0) is 6.54 Å². The summed E-state index contributed by atoms with van der Waals surface area (Å²) in [5.74, 6) is 1.57. The summed E-state index contributed by atoms with van der Waals surface area (Å²) >= 11 is 0. The van der Waals surface area contributed by atoms with Crippen LogP contribution in [0, 0.1) is 0 Å². The number of ether oxygens (including phenoxy) is 2. The van der Waals surface area contributed by atoms with Crippen LogP contribution in [0.25, 0.3) is 0 Å². The summed E-state index contributed by atoms with van der Waals surface area (Å²) in [6.07, 6.45) is 1.14. The van der Waals surface area contributed by atoms with Crippen molar-refractivity contribution in [1.29, 1.82) is 0 Å². The largest absolute Gasteiger partial charge is 0.493 e. The second-order valence-corrected chi connectivity index (χ2v) is 4.47. The maximum atomic E-state index is 5.67. The Labute approximate surface area is 109 Å². The zero-order chi connectivity index (χ0) is 13.4. The molecule has 0 heterocycles. The van der Waals surface area contributed by atoms with Gasteiger partial charge in [-0.2, -0.15) is 0 Å². The van der Waals surface area contributed by atoms with E-state index in [0.29, 0.717) is 0 Å². The third kappa shape index (κ3) is 4.94. The summed E-state index contributed by atoms with van der Waals surface area (Å²) in [7, 11) is 1.66. The summed E-state index contributed by atoms with van der Waals surface area (Å²) in [5, 5.41) is 3.34. The molecule has 0 spiro atoms. The molecule has 1 aromatic rings. The standard InChI is InChI=1S/C14H24N2O2/c1-11(2)18-13-6-5-12(9-14(13)17-3)10-16-8-4-7-15/h5-6,9,11,16H,4,7-8,10,15H2,1-3H3. The number of hydrogen-bond donors (Lipinski definition) is 2. The van der Waals surface area contributed by atoms with E-state index in [4.69, 9.17) is 15.2 Å². The Kier molecular flexibility index (Phi) is 6.54. The van der Waals surface area contributed by atoms with Gasteiger partial charge in [0.1, 0.15) is 0 Å². The summed E-state index contributed by atoms with van der Waals surface area (Å²) in [6, 6.07) is 6.02. The van der Waals surface area contributed by atoms with Crippen LogP contribution in [0.15, 0.2) is 18.2 Å². The van der Waals surface area contributed by atoms with Crippen molar-refractivity contribution in [3.05, 3.63) is 23.8 Å². The van der Waals surface area contributed by atoms with E-state index in [1.165, 1.54) is 5.56 Å². The molecular weight excluding hydrogens is 228 g/mol. The predicted octanol–water partition coefficient (Wildman–Crippen LogP) is 1.92. The molecule has 1 aromatic carbocycles. The van der Waals surface area contributed by atoms with Gasteiger partial charge in [-0.3, -0.25) is 0 Å². The maximum Gasteiger partial charge on any atom is 0.161 e. The summed E-state index contributed by atoms with van der Waals surface area (Å²) in [5.41, 5.74) is 6.62. The Hall–Kier alpha value is -1.26. The number of nitrogens with one attached hydrogen (secondary N) is 1. The van der Waals surface area contributed by atoms with E-state index in [2.05, 4.69) is 11.4 Å². The Balaban J connectivity index is 2.60. The fourth-order valence-corrected chi connectivity index (χ4v) is 1.63. The minimum Gasteiger partial charge on any atom is -0.493 e. The first-order valence-electron chi connectivity index (χ1n) is 6.41. The highest BCUT2D eigenvalue weighted by atomic mass is 16.5. The van der Waals surface area contributed by atoms with E-state index in [9.17, 15) is 0 Å². The highest BCUT2D eigenvalue weighted by Crippen LogP contribution is 2.28. The number of hydrogen-bond acceptors (Lipinski definition) is 4. The predicted molar refractivity (Wildman–Crippen MR) is 74.1 cm³/mol. The van der Waals surface area contributed by atoms with E-state index >= 15 is 0 Å². The van der Waals surface area contributed by atoms with Gasteiger partial charge in [0.05, 0.1) is 13.2 Å². The summed E-state index contributed by atoms with van der Waals surface area (Å²) in [6.45, 7) is 6.47. The molecule has 0 atom stereocenters. The lowest BCUT2D eigenvalue weighted by Gasteiger charge is -2.14. The smallest absolute Gasteiger partial charge is 0.161 e. The van der Waals surface area contributed by atoms with Gasteiger partial charge >= 0.3 is 0 Å². The Morgan fingerprint density at radius 2 is 2.06 bits per heavy atom. The zero-order valence-electron chi connectivity index (χ0n) is 11.5. The van der Waals surface area contributed by atoms with E-state index < -0.39 is 0 Å². The molecule has 18 heavy (non-hydrogen) atoms. The van der Waals surface area contributed by atoms with Crippen molar-refractivity contribution in [3.63, 3.8) is 0 Å². The van der Waals surface area contributed by atoms with Crippen molar-refractivity contribution in [2.24, 2.45) is 5.73 Å². The third-order valence-electron chi connectivity index (χ3n) is 2.48. The van der Waals surface area contributed by atoms with Crippen LogP contribution < -0.4 is 20.5 Å². The van der Waals surface area contributed by atoms with Crippen molar-refractivity contribution < 1.29 is 9.47 Å². The Morgan fingerprint density at radius 1 is 1.28 bits per heavy atom. The fourth-order valence-electron chi connectivity index (χ4n) is 1.63. The molecule has 0 aliphatic heterocycles. The van der Waals surface area contributed by atoms with Crippen molar-refractivity contribution in [2.45, 2.75) is 32.9 Å². The van der Waals surface area contributed by atoms with Gasteiger partial charge in [-0.05, 0) is 51.1 Å². The van der Waals surface area contributed by atoms with Gasteiger partial charge < -0.3 is 20.5 Å². The van der Waals surface area contributed by atoms with Crippen molar-refractivity contribution in [3.8, 4) is 11.5 Å². The number of benzene rings is 1. The highest BCUT2D eigenvalue weighted by Gasteiger charge is 2.07. The van der Waals surface area contributed by atoms with Crippen molar-refractivity contribution >= 4 is 0 Å². The van der Waals surface area contributed by atoms with Crippen LogP contribution in [0.3, 0.4) is 0 Å². The van der Waals surface area contributed by atoms with Crippen LogP contribution in [-0.4, -0.2) is 26.3 Å². The van der Waals surface area contributed by atoms with Gasteiger partial charge in [0.25, 0.3) is 0 Å². The van der Waals surface area contributed by atoms with E-state index in [1.807, 2.05) is 26.0 Å². The molecule has 0 saturated heterocycles. The van der Waals surface area contributed by atoms with Crippen molar-refractivity contribution in [2.75, 3.05) is 20.2 Å². The second kappa shape index (κ2) is 7.95. The van der Waals surface area contributed by atoms with E-state index in [1.54, 1.807) is 7.11 Å². The summed E-state index contributed by atoms with van der Waals surface area (Å²) < 4.78 is 11.0. The second-order valence-electron chi connectivity index (χ2n) is 4.47. The van der Waals surface area contributed by atoms with Crippen LogP contribution >= 0.6 is 0 Å². The molecule has 0 unspecified atom stereocenters. The molecule has 0 amide bonds. The van der Waals surface area contributed by atoms with Gasteiger partial charge in [-0.1, -0.05) is 6.07 Å². The molecular formula is C14H24N2O2. The van der Waals surface area contributed by atoms with Crippen LogP contribution in [0.1, 0.15) is 25.8 Å².